The number of hydrogen-bond acceptors (Lipinski definition) is 5. The van der Waals surface area contributed by atoms with Gasteiger partial charge in [-0.15, -0.1) is 0 Å². The summed E-state index contributed by atoms with van der Waals surface area (Å²) in [5.41, 5.74) is 2.10. The standard InChI is InChI=1S/C19H17Cl2N3O3/c20-14-2-3-15(26)18(19(14)21)12-5-13-8-23(9-17(27)24(13)7-12)16-4-1-11(10-25)6-22-16/h1-6,12,25-26H,7-10H2/t12-/m0/s1. The number of anilines is 1. The van der Waals surface area contributed by atoms with Crippen molar-refractivity contribution in [3.63, 3.8) is 0 Å². The summed E-state index contributed by atoms with van der Waals surface area (Å²) in [6.07, 6.45) is 3.55. The zero-order valence-corrected chi connectivity index (χ0v) is 15.8. The molecular weight excluding hydrogens is 389 g/mol. The molecule has 6 nitrogen and oxygen atoms in total. The van der Waals surface area contributed by atoms with Gasteiger partial charge in [0, 0.05) is 29.9 Å². The molecule has 0 bridgehead atoms. The Bertz CT molecular complexity index is 931. The van der Waals surface area contributed by atoms with Crippen LogP contribution >= 0.6 is 23.2 Å². The van der Waals surface area contributed by atoms with E-state index in [0.29, 0.717) is 34.5 Å². The smallest absolute Gasteiger partial charge is 0.246 e. The highest BCUT2D eigenvalue weighted by Crippen LogP contribution is 2.42. The molecule has 2 aliphatic rings. The summed E-state index contributed by atoms with van der Waals surface area (Å²) < 4.78 is 0. The van der Waals surface area contributed by atoms with Crippen LogP contribution in [0.1, 0.15) is 17.0 Å². The van der Waals surface area contributed by atoms with Gasteiger partial charge in [-0.1, -0.05) is 35.3 Å². The third-order valence-corrected chi connectivity index (χ3v) is 5.71. The van der Waals surface area contributed by atoms with Crippen molar-refractivity contribution in [3.8, 4) is 5.75 Å². The number of aromatic hydroxyl groups is 1. The summed E-state index contributed by atoms with van der Waals surface area (Å²) in [5, 5.41) is 20.1. The van der Waals surface area contributed by atoms with Gasteiger partial charge in [0.15, 0.2) is 0 Å². The lowest BCUT2D eigenvalue weighted by Gasteiger charge is -2.34. The second-order valence-electron chi connectivity index (χ2n) is 6.60. The van der Waals surface area contributed by atoms with Gasteiger partial charge in [0.25, 0.3) is 0 Å². The van der Waals surface area contributed by atoms with Crippen LogP contribution in [0.2, 0.25) is 10.0 Å². The first-order valence-electron chi connectivity index (χ1n) is 8.46. The van der Waals surface area contributed by atoms with E-state index in [1.54, 1.807) is 29.3 Å². The van der Waals surface area contributed by atoms with E-state index in [1.165, 1.54) is 6.07 Å². The number of carbonyl (C=O) groups excluding carboxylic acids is 1. The normalized spacial score (nSPS) is 19.3. The summed E-state index contributed by atoms with van der Waals surface area (Å²) >= 11 is 12.4. The highest BCUT2D eigenvalue weighted by atomic mass is 35.5. The molecule has 1 fully saturated rings. The summed E-state index contributed by atoms with van der Waals surface area (Å²) in [7, 11) is 0. The van der Waals surface area contributed by atoms with E-state index < -0.39 is 0 Å². The van der Waals surface area contributed by atoms with E-state index in [1.807, 2.05) is 11.0 Å². The van der Waals surface area contributed by atoms with Gasteiger partial charge in [0.05, 0.1) is 29.7 Å². The number of phenols is 1. The van der Waals surface area contributed by atoms with Crippen LogP contribution in [0.3, 0.4) is 0 Å². The van der Waals surface area contributed by atoms with Crippen LogP contribution in [-0.2, 0) is 11.4 Å². The molecule has 1 saturated heterocycles. The number of benzene rings is 1. The zero-order valence-electron chi connectivity index (χ0n) is 14.3. The van der Waals surface area contributed by atoms with Gasteiger partial charge < -0.3 is 20.0 Å². The SMILES string of the molecule is O=C1CN(c2ccc(CO)cn2)CC2=C[C@H](c3c(O)ccc(Cl)c3Cl)CN12. The maximum Gasteiger partial charge on any atom is 0.246 e. The number of halogens is 2. The van der Waals surface area contributed by atoms with Crippen molar-refractivity contribution in [1.82, 2.24) is 9.88 Å². The first-order chi connectivity index (χ1) is 13.0. The fourth-order valence-electron chi connectivity index (χ4n) is 3.53. The highest BCUT2D eigenvalue weighted by Gasteiger charge is 2.36. The molecule has 0 aliphatic carbocycles. The average Bonchev–Trinajstić information content (AvgIpc) is 3.09. The number of hydrogen-bond donors (Lipinski definition) is 2. The number of aliphatic hydroxyl groups is 1. The summed E-state index contributed by atoms with van der Waals surface area (Å²) in [6.45, 7) is 1.08. The van der Waals surface area contributed by atoms with Crippen molar-refractivity contribution in [2.24, 2.45) is 0 Å². The van der Waals surface area contributed by atoms with E-state index in [4.69, 9.17) is 28.3 Å². The van der Waals surface area contributed by atoms with E-state index in [9.17, 15) is 9.90 Å². The Morgan fingerprint density at radius 3 is 2.70 bits per heavy atom. The van der Waals surface area contributed by atoms with Crippen LogP contribution in [0, 0.1) is 0 Å². The quantitative estimate of drug-likeness (QED) is 0.820. The molecular formula is C19H17Cl2N3O3. The molecule has 2 aromatic rings. The van der Waals surface area contributed by atoms with Gasteiger partial charge in [0.2, 0.25) is 5.91 Å². The van der Waals surface area contributed by atoms with E-state index in [2.05, 4.69) is 4.98 Å². The Morgan fingerprint density at radius 2 is 2.00 bits per heavy atom. The number of phenolic OH excluding ortho intramolecular Hbond substituents is 1. The molecule has 0 unspecified atom stereocenters. The zero-order chi connectivity index (χ0) is 19.1. The number of pyridine rings is 1. The molecule has 27 heavy (non-hydrogen) atoms. The van der Waals surface area contributed by atoms with Crippen LogP contribution in [0.25, 0.3) is 0 Å². The summed E-state index contributed by atoms with van der Waals surface area (Å²) in [4.78, 5) is 20.6. The molecule has 1 aromatic heterocycles. The van der Waals surface area contributed by atoms with Crippen molar-refractivity contribution < 1.29 is 15.0 Å². The van der Waals surface area contributed by atoms with Crippen LogP contribution in [0.15, 0.2) is 42.2 Å². The Balaban J connectivity index is 1.62. The van der Waals surface area contributed by atoms with Crippen LogP contribution in [0.4, 0.5) is 5.82 Å². The van der Waals surface area contributed by atoms with E-state index in [-0.39, 0.29) is 30.7 Å². The minimum absolute atomic E-state index is 0.0410. The van der Waals surface area contributed by atoms with Gasteiger partial charge in [-0.05, 0) is 23.8 Å². The highest BCUT2D eigenvalue weighted by molar-refractivity contribution is 6.42. The first-order valence-corrected chi connectivity index (χ1v) is 9.22. The number of piperazine rings is 1. The fraction of sp³-hybridized carbons (Fsp3) is 0.263. The maximum atomic E-state index is 12.7. The monoisotopic (exact) mass is 405 g/mol. The van der Waals surface area contributed by atoms with Gasteiger partial charge >= 0.3 is 0 Å². The number of aliphatic hydroxyl groups excluding tert-OH is 1. The molecule has 1 amide bonds. The van der Waals surface area contributed by atoms with Crippen LogP contribution in [-0.4, -0.2) is 45.6 Å². The van der Waals surface area contributed by atoms with Gasteiger partial charge in [-0.3, -0.25) is 4.79 Å². The number of fused-ring (bicyclic) bond motifs is 1. The molecule has 8 heteroatoms. The molecule has 140 valence electrons. The molecule has 2 aliphatic heterocycles. The fourth-order valence-corrected chi connectivity index (χ4v) is 4.00. The third kappa shape index (κ3) is 3.25. The predicted octanol–water partition coefficient (Wildman–Crippen LogP) is 2.92. The molecule has 0 saturated carbocycles. The van der Waals surface area contributed by atoms with Crippen LogP contribution in [0.5, 0.6) is 5.75 Å². The minimum Gasteiger partial charge on any atom is -0.508 e. The van der Waals surface area contributed by atoms with Gasteiger partial charge in [0.1, 0.15) is 11.6 Å². The largest absolute Gasteiger partial charge is 0.508 e. The average molecular weight is 406 g/mol. The minimum atomic E-state index is -0.222. The molecule has 1 atom stereocenters. The number of aromatic nitrogens is 1. The Hall–Kier alpha value is -2.28. The lowest BCUT2D eigenvalue weighted by molar-refractivity contribution is -0.128. The molecule has 0 radical (unpaired) electrons. The lowest BCUT2D eigenvalue weighted by Crippen LogP contribution is -2.47. The first kappa shape index (κ1) is 18.1. The predicted molar refractivity (Wildman–Crippen MR) is 103 cm³/mol. The number of nitrogens with zero attached hydrogens (tertiary/aromatic N) is 3. The molecule has 2 N–H and O–H groups in total. The summed E-state index contributed by atoms with van der Waals surface area (Å²) in [6, 6.07) is 6.64. The van der Waals surface area contributed by atoms with Crippen molar-refractivity contribution in [2.75, 3.05) is 24.5 Å². The maximum absolute atomic E-state index is 12.7. The number of rotatable bonds is 3. The number of carbonyl (C=O) groups is 1. The van der Waals surface area contributed by atoms with E-state index in [0.717, 1.165) is 11.3 Å². The Labute approximate surface area is 166 Å². The van der Waals surface area contributed by atoms with Crippen molar-refractivity contribution in [1.29, 1.82) is 0 Å². The third-order valence-electron chi connectivity index (χ3n) is 4.90. The van der Waals surface area contributed by atoms with Gasteiger partial charge in [-0.2, -0.15) is 0 Å². The second kappa shape index (κ2) is 7.03. The van der Waals surface area contributed by atoms with Crippen molar-refractivity contribution in [3.05, 3.63) is 63.4 Å². The van der Waals surface area contributed by atoms with Crippen LogP contribution < -0.4 is 4.90 Å². The summed E-state index contributed by atoms with van der Waals surface area (Å²) in [5.74, 6) is 0.477. The topological polar surface area (TPSA) is 76.9 Å². The molecule has 4 rings (SSSR count). The van der Waals surface area contributed by atoms with Crippen molar-refractivity contribution in [2.45, 2.75) is 12.5 Å². The molecule has 0 spiro atoms. The van der Waals surface area contributed by atoms with E-state index >= 15 is 0 Å². The Kier molecular flexibility index (Phi) is 4.72. The lowest BCUT2D eigenvalue weighted by atomic mass is 9.99. The van der Waals surface area contributed by atoms with Crippen molar-refractivity contribution >= 4 is 34.9 Å². The molecule has 3 heterocycles. The second-order valence-corrected chi connectivity index (χ2v) is 7.39. The van der Waals surface area contributed by atoms with Gasteiger partial charge in [-0.25, -0.2) is 4.98 Å². The Morgan fingerprint density at radius 1 is 1.19 bits per heavy atom. The molecule has 1 aromatic carbocycles. The number of amides is 1.